The van der Waals surface area contributed by atoms with Gasteiger partial charge in [-0.15, -0.1) is 5.10 Å². The van der Waals surface area contributed by atoms with Crippen LogP contribution >= 0.6 is 11.5 Å². The zero-order valence-electron chi connectivity index (χ0n) is 13.3. The lowest BCUT2D eigenvalue weighted by Gasteiger charge is -2.27. The molecule has 7 nitrogen and oxygen atoms in total. The highest BCUT2D eigenvalue weighted by Crippen LogP contribution is 2.20. The van der Waals surface area contributed by atoms with Crippen molar-refractivity contribution >= 4 is 29.0 Å². The molecule has 2 aromatic rings. The molecule has 0 atom stereocenters. The summed E-state index contributed by atoms with van der Waals surface area (Å²) in [7, 11) is 0. The van der Waals surface area contributed by atoms with E-state index >= 15 is 0 Å². The number of rotatable bonds is 4. The summed E-state index contributed by atoms with van der Waals surface area (Å²) in [6.07, 6.45) is 0.633. The fourth-order valence-corrected chi connectivity index (χ4v) is 3.15. The van der Waals surface area contributed by atoms with Crippen LogP contribution in [0.3, 0.4) is 0 Å². The van der Waals surface area contributed by atoms with Crippen LogP contribution in [-0.4, -0.2) is 52.6 Å². The summed E-state index contributed by atoms with van der Waals surface area (Å²) in [6, 6.07) is 7.02. The lowest BCUT2D eigenvalue weighted by Crippen LogP contribution is -2.41. The summed E-state index contributed by atoms with van der Waals surface area (Å²) in [5.41, 5.74) is 1.63. The molecule has 2 heterocycles. The van der Waals surface area contributed by atoms with E-state index in [2.05, 4.69) is 14.9 Å². The molecule has 0 unspecified atom stereocenters. The van der Waals surface area contributed by atoms with E-state index in [0.717, 1.165) is 11.5 Å². The van der Waals surface area contributed by atoms with Gasteiger partial charge in [-0.3, -0.25) is 9.59 Å². The Labute approximate surface area is 143 Å². The van der Waals surface area contributed by atoms with E-state index in [0.29, 0.717) is 54.5 Å². The van der Waals surface area contributed by atoms with Crippen LogP contribution in [-0.2, 0) is 11.2 Å². The number of aromatic nitrogens is 2. The first-order chi connectivity index (χ1) is 11.7. The molecule has 0 spiro atoms. The Kier molecular flexibility index (Phi) is 5.17. The molecule has 0 radical (unpaired) electrons. The molecule has 0 saturated carbocycles. The van der Waals surface area contributed by atoms with Crippen molar-refractivity contribution in [2.75, 3.05) is 31.6 Å². The van der Waals surface area contributed by atoms with E-state index in [1.165, 1.54) is 0 Å². The predicted molar refractivity (Wildman–Crippen MR) is 90.4 cm³/mol. The second kappa shape index (κ2) is 7.50. The Balaban J connectivity index is 1.81. The van der Waals surface area contributed by atoms with Crippen LogP contribution in [0.5, 0.6) is 0 Å². The highest BCUT2D eigenvalue weighted by atomic mass is 32.1. The standard InChI is InChI=1S/C16H18N4O3S/c1-2-12-14(24-19-18-12)15(21)17-13-6-4-3-5-11(13)16(22)20-7-9-23-10-8-20/h3-6H,2,7-10H2,1H3,(H,17,21). The Morgan fingerprint density at radius 1 is 1.29 bits per heavy atom. The molecule has 1 aliphatic heterocycles. The lowest BCUT2D eigenvalue weighted by atomic mass is 10.1. The maximum atomic E-state index is 12.7. The number of para-hydroxylation sites is 1. The van der Waals surface area contributed by atoms with Gasteiger partial charge in [0.05, 0.1) is 30.2 Å². The molecule has 1 aromatic heterocycles. The van der Waals surface area contributed by atoms with Gasteiger partial charge in [0.15, 0.2) is 0 Å². The first-order valence-electron chi connectivity index (χ1n) is 7.79. The van der Waals surface area contributed by atoms with E-state index in [9.17, 15) is 9.59 Å². The first kappa shape index (κ1) is 16.5. The van der Waals surface area contributed by atoms with Crippen molar-refractivity contribution in [2.24, 2.45) is 0 Å². The Hall–Kier alpha value is -2.32. The molecule has 2 amide bonds. The zero-order chi connectivity index (χ0) is 16.9. The third-order valence-corrected chi connectivity index (χ3v) is 4.57. The third-order valence-electron chi connectivity index (χ3n) is 3.80. The zero-order valence-corrected chi connectivity index (χ0v) is 14.1. The number of amides is 2. The molecular formula is C16H18N4O3S. The number of nitrogens with one attached hydrogen (secondary N) is 1. The van der Waals surface area contributed by atoms with Gasteiger partial charge in [0.1, 0.15) is 4.88 Å². The molecule has 1 aliphatic rings. The SMILES string of the molecule is CCc1nnsc1C(=O)Nc1ccccc1C(=O)N1CCOCC1. The molecular weight excluding hydrogens is 328 g/mol. The minimum absolute atomic E-state index is 0.104. The molecule has 1 N–H and O–H groups in total. The third kappa shape index (κ3) is 3.44. The minimum atomic E-state index is -0.288. The van der Waals surface area contributed by atoms with Crippen molar-refractivity contribution in [3.63, 3.8) is 0 Å². The number of benzene rings is 1. The number of nitrogens with zero attached hydrogens (tertiary/aromatic N) is 3. The molecule has 24 heavy (non-hydrogen) atoms. The number of hydrogen-bond acceptors (Lipinski definition) is 6. The summed E-state index contributed by atoms with van der Waals surface area (Å²) < 4.78 is 9.11. The van der Waals surface area contributed by atoms with E-state index in [4.69, 9.17) is 4.74 Å². The van der Waals surface area contributed by atoms with Crippen molar-refractivity contribution in [1.29, 1.82) is 0 Å². The number of morpholine rings is 1. The molecule has 0 bridgehead atoms. The van der Waals surface area contributed by atoms with Crippen LogP contribution < -0.4 is 5.32 Å². The van der Waals surface area contributed by atoms with Gasteiger partial charge in [0.2, 0.25) is 0 Å². The van der Waals surface area contributed by atoms with Gasteiger partial charge in [0, 0.05) is 13.1 Å². The summed E-state index contributed by atoms with van der Waals surface area (Å²) in [5.74, 6) is -0.392. The Morgan fingerprint density at radius 2 is 2.04 bits per heavy atom. The smallest absolute Gasteiger partial charge is 0.269 e. The maximum Gasteiger partial charge on any atom is 0.269 e. The van der Waals surface area contributed by atoms with Gasteiger partial charge in [-0.2, -0.15) is 0 Å². The molecule has 1 saturated heterocycles. The second-order valence-electron chi connectivity index (χ2n) is 5.31. The summed E-state index contributed by atoms with van der Waals surface area (Å²) in [4.78, 5) is 27.4. The Bertz CT molecular complexity index is 740. The molecule has 0 aliphatic carbocycles. The number of hydrogen-bond donors (Lipinski definition) is 1. The number of carbonyl (C=O) groups excluding carboxylic acids is 2. The molecule has 1 fully saturated rings. The van der Waals surface area contributed by atoms with E-state index in [-0.39, 0.29) is 11.8 Å². The van der Waals surface area contributed by atoms with Gasteiger partial charge in [-0.05, 0) is 30.1 Å². The largest absolute Gasteiger partial charge is 0.378 e. The van der Waals surface area contributed by atoms with E-state index in [1.54, 1.807) is 29.2 Å². The molecule has 8 heteroatoms. The lowest BCUT2D eigenvalue weighted by molar-refractivity contribution is 0.0303. The van der Waals surface area contributed by atoms with Gasteiger partial charge in [0.25, 0.3) is 11.8 Å². The molecule has 1 aromatic carbocycles. The van der Waals surface area contributed by atoms with E-state index < -0.39 is 0 Å². The maximum absolute atomic E-state index is 12.7. The number of ether oxygens (including phenoxy) is 1. The highest BCUT2D eigenvalue weighted by Gasteiger charge is 2.22. The van der Waals surface area contributed by atoms with Crippen LogP contribution in [0.4, 0.5) is 5.69 Å². The average molecular weight is 346 g/mol. The fraction of sp³-hybridized carbons (Fsp3) is 0.375. The van der Waals surface area contributed by atoms with Crippen LogP contribution in [0.1, 0.15) is 32.6 Å². The Morgan fingerprint density at radius 3 is 2.79 bits per heavy atom. The van der Waals surface area contributed by atoms with Crippen molar-refractivity contribution in [3.05, 3.63) is 40.4 Å². The number of carbonyl (C=O) groups is 2. The highest BCUT2D eigenvalue weighted by molar-refractivity contribution is 7.08. The molecule has 126 valence electrons. The predicted octanol–water partition coefficient (Wildman–Crippen LogP) is 1.83. The second-order valence-corrected chi connectivity index (χ2v) is 6.06. The topological polar surface area (TPSA) is 84.4 Å². The minimum Gasteiger partial charge on any atom is -0.378 e. The average Bonchev–Trinajstić information content (AvgIpc) is 3.11. The molecule has 3 rings (SSSR count). The van der Waals surface area contributed by atoms with Gasteiger partial charge >= 0.3 is 0 Å². The fourth-order valence-electron chi connectivity index (χ4n) is 2.51. The van der Waals surface area contributed by atoms with Crippen molar-refractivity contribution in [2.45, 2.75) is 13.3 Å². The quantitative estimate of drug-likeness (QED) is 0.913. The van der Waals surface area contributed by atoms with Crippen LogP contribution in [0.25, 0.3) is 0 Å². The van der Waals surface area contributed by atoms with Crippen LogP contribution in [0.2, 0.25) is 0 Å². The van der Waals surface area contributed by atoms with Gasteiger partial charge in [-0.25, -0.2) is 0 Å². The van der Waals surface area contributed by atoms with Crippen molar-refractivity contribution in [3.8, 4) is 0 Å². The monoisotopic (exact) mass is 346 g/mol. The van der Waals surface area contributed by atoms with Crippen molar-refractivity contribution in [1.82, 2.24) is 14.5 Å². The normalized spacial score (nSPS) is 14.5. The van der Waals surface area contributed by atoms with Crippen LogP contribution in [0, 0.1) is 0 Å². The van der Waals surface area contributed by atoms with E-state index in [1.807, 2.05) is 6.92 Å². The van der Waals surface area contributed by atoms with Crippen LogP contribution in [0.15, 0.2) is 24.3 Å². The summed E-state index contributed by atoms with van der Waals surface area (Å²) in [6.45, 7) is 4.10. The summed E-state index contributed by atoms with van der Waals surface area (Å²) >= 11 is 1.06. The first-order valence-corrected chi connectivity index (χ1v) is 8.56. The summed E-state index contributed by atoms with van der Waals surface area (Å²) in [5, 5.41) is 6.77. The van der Waals surface area contributed by atoms with Crippen molar-refractivity contribution < 1.29 is 14.3 Å². The number of aryl methyl sites for hydroxylation is 1. The number of anilines is 1. The van der Waals surface area contributed by atoms with Gasteiger partial charge in [-0.1, -0.05) is 23.5 Å². The van der Waals surface area contributed by atoms with Gasteiger partial charge < -0.3 is 15.0 Å².